The van der Waals surface area contributed by atoms with Crippen LogP contribution in [0.5, 0.6) is 0 Å². The summed E-state index contributed by atoms with van der Waals surface area (Å²) >= 11 is -2.78. The number of benzene rings is 8. The van der Waals surface area contributed by atoms with E-state index in [9.17, 15) is 0 Å². The molecule has 0 nitrogen and oxygen atoms in total. The van der Waals surface area contributed by atoms with E-state index in [1.807, 2.05) is 0 Å². The van der Waals surface area contributed by atoms with E-state index >= 15 is 0 Å². The summed E-state index contributed by atoms with van der Waals surface area (Å²) in [5.41, 5.74) is 8.94. The molecule has 0 saturated carbocycles. The summed E-state index contributed by atoms with van der Waals surface area (Å²) < 4.78 is 3.89. The Morgan fingerprint density at radius 1 is 0.500 bits per heavy atom. The van der Waals surface area contributed by atoms with Crippen LogP contribution in [0.2, 0.25) is 0 Å². The van der Waals surface area contributed by atoms with Crippen LogP contribution in [-0.4, -0.2) is 3.21 Å². The van der Waals surface area contributed by atoms with Gasteiger partial charge < -0.3 is 0 Å². The molecule has 3 heteroatoms. The topological polar surface area (TPSA) is 0 Å². The van der Waals surface area contributed by atoms with Crippen LogP contribution in [0, 0.1) is 0 Å². The van der Waals surface area contributed by atoms with Crippen molar-refractivity contribution in [1.29, 1.82) is 0 Å². The summed E-state index contributed by atoms with van der Waals surface area (Å²) in [6.45, 7) is 0. The van der Waals surface area contributed by atoms with Crippen molar-refractivity contribution in [2.24, 2.45) is 0 Å². The van der Waals surface area contributed by atoms with Gasteiger partial charge in [0.05, 0.1) is 0 Å². The zero-order chi connectivity index (χ0) is 33.0. The first-order chi connectivity index (χ1) is 24.8. The Morgan fingerprint density at radius 2 is 1.00 bits per heavy atom. The summed E-state index contributed by atoms with van der Waals surface area (Å²) in [7, 11) is 0. The summed E-state index contributed by atoms with van der Waals surface area (Å²) in [5, 5.41) is 11.0. The van der Waals surface area contributed by atoms with Crippen molar-refractivity contribution in [3.8, 4) is 11.1 Å². The Hall–Kier alpha value is -4.39. The monoisotopic (exact) mass is 786 g/mol. The number of fused-ring (bicyclic) bond motifs is 10. The Labute approximate surface area is 325 Å². The molecule has 0 N–H and O–H groups in total. The largest absolute Gasteiger partial charge is 0.147 e. The molecule has 8 aromatic carbocycles. The van der Waals surface area contributed by atoms with Gasteiger partial charge in [-0.2, -0.15) is 0 Å². The van der Waals surface area contributed by atoms with Crippen molar-refractivity contribution < 1.29 is 21.3 Å². The second-order valence-corrected chi connectivity index (χ2v) is 20.6. The second-order valence-electron chi connectivity index (χ2n) is 13.9. The Bertz CT molecular complexity index is 2660. The zero-order valence-corrected chi connectivity index (χ0v) is 32.8. The predicted molar refractivity (Wildman–Crippen MR) is 225 cm³/mol. The number of hydrogen-bond donors (Lipinski definition) is 0. The predicted octanol–water partition coefficient (Wildman–Crippen LogP) is 13.3. The molecule has 0 heterocycles. The molecule has 0 fully saturated rings. The third-order valence-electron chi connectivity index (χ3n) is 11.2. The van der Waals surface area contributed by atoms with Crippen LogP contribution < -0.4 is 0 Å². The van der Waals surface area contributed by atoms with Crippen LogP contribution in [-0.2, 0) is 34.1 Å². The van der Waals surface area contributed by atoms with E-state index in [1.54, 1.807) is 17.6 Å². The van der Waals surface area contributed by atoms with Gasteiger partial charge in [0.25, 0.3) is 0 Å². The number of halogens is 2. The van der Waals surface area contributed by atoms with E-state index in [1.165, 1.54) is 65.3 Å². The van der Waals surface area contributed by atoms with Crippen molar-refractivity contribution >= 4 is 71.1 Å². The average molecular weight is 789 g/mol. The minimum absolute atomic E-state index is 0. The average Bonchev–Trinajstić information content (AvgIpc) is 3.83. The molecule has 252 valence electrons. The van der Waals surface area contributed by atoms with Gasteiger partial charge in [-0.05, 0) is 0 Å². The van der Waals surface area contributed by atoms with Gasteiger partial charge >= 0.3 is 303 Å². The molecule has 10 rings (SSSR count). The molecule has 0 aliphatic heterocycles. The standard InChI is InChI=1S/C23H18.C21H13.C5H5.2ClH.Zr/c1-3-16-22-18(8-1)10-5-12-20(22)14-7-15-21-13-6-11-19-9-2-4-17-23(19)21;1-2-8-15-14(7-1)13-20-18-11-4-3-9-16(18)17-10-5-6-12-19(17)21(15)20;1-2-4-5-3-1;;;/h1-6,8-13,16-17H,14-15H2;1-13H;1-3H,4H2;2*1H;. The molecule has 0 amide bonds. The first-order valence-corrected chi connectivity index (χ1v) is 21.7. The molecular formula is C49H38Cl2Zr. The third kappa shape index (κ3) is 5.75. The Kier molecular flexibility index (Phi) is 9.71. The van der Waals surface area contributed by atoms with Gasteiger partial charge in [-0.1, -0.05) is 0 Å². The van der Waals surface area contributed by atoms with E-state index < -0.39 is 21.3 Å². The van der Waals surface area contributed by atoms with E-state index in [0.29, 0.717) is 3.63 Å². The van der Waals surface area contributed by atoms with E-state index in [-0.39, 0.29) is 24.8 Å². The fraction of sp³-hybridized carbons (Fsp3) is 0.0816. The summed E-state index contributed by atoms with van der Waals surface area (Å²) in [6, 6.07) is 59.7. The SMILES string of the molecule is C1=CC[C]([Zr](=[C](Cc2cccc3ccccc23)Cc2cccc3ccccc23)[CH]2c3ccccc3-c3c2c2ccccc2c2ccccc32)=C1.Cl.Cl. The van der Waals surface area contributed by atoms with Gasteiger partial charge in [0.2, 0.25) is 0 Å². The van der Waals surface area contributed by atoms with Crippen LogP contribution in [0.3, 0.4) is 0 Å². The molecule has 0 saturated heterocycles. The molecule has 0 radical (unpaired) electrons. The first kappa shape index (κ1) is 34.7. The van der Waals surface area contributed by atoms with Crippen molar-refractivity contribution in [1.82, 2.24) is 0 Å². The van der Waals surface area contributed by atoms with Crippen LogP contribution in [0.25, 0.3) is 54.2 Å². The van der Waals surface area contributed by atoms with Crippen molar-refractivity contribution in [3.63, 3.8) is 0 Å². The fourth-order valence-corrected chi connectivity index (χ4v) is 18.3. The summed E-state index contributed by atoms with van der Waals surface area (Å²) in [5.74, 6) is 0. The normalized spacial score (nSPS) is 14.2. The molecular weight excluding hydrogens is 751 g/mol. The molecule has 52 heavy (non-hydrogen) atoms. The minimum Gasteiger partial charge on any atom is -0.147 e. The van der Waals surface area contributed by atoms with Gasteiger partial charge in [0.15, 0.2) is 0 Å². The van der Waals surface area contributed by atoms with Gasteiger partial charge in [-0.25, -0.2) is 0 Å². The van der Waals surface area contributed by atoms with E-state index in [0.717, 1.165) is 19.3 Å². The van der Waals surface area contributed by atoms with Gasteiger partial charge in [0, 0.05) is 0 Å². The van der Waals surface area contributed by atoms with Crippen LogP contribution in [0.4, 0.5) is 0 Å². The van der Waals surface area contributed by atoms with Crippen LogP contribution in [0.1, 0.15) is 32.3 Å². The number of rotatable bonds is 6. The van der Waals surface area contributed by atoms with Gasteiger partial charge in [0.1, 0.15) is 0 Å². The minimum atomic E-state index is -2.78. The first-order valence-electron chi connectivity index (χ1n) is 17.9. The Morgan fingerprint density at radius 3 is 1.62 bits per heavy atom. The molecule has 2 aliphatic rings. The van der Waals surface area contributed by atoms with Gasteiger partial charge in [-0.15, -0.1) is 24.8 Å². The molecule has 0 aromatic heterocycles. The van der Waals surface area contributed by atoms with Gasteiger partial charge in [-0.3, -0.25) is 0 Å². The number of allylic oxidation sites excluding steroid dienone is 4. The van der Waals surface area contributed by atoms with E-state index in [2.05, 4.69) is 176 Å². The van der Waals surface area contributed by atoms with Crippen molar-refractivity contribution in [3.05, 3.63) is 201 Å². The smallest absolute Gasteiger partial charge is 0.147 e. The molecule has 2 aliphatic carbocycles. The van der Waals surface area contributed by atoms with Crippen molar-refractivity contribution in [2.45, 2.75) is 22.9 Å². The van der Waals surface area contributed by atoms with Crippen molar-refractivity contribution in [2.75, 3.05) is 0 Å². The molecule has 0 bridgehead atoms. The second kappa shape index (κ2) is 14.6. The number of hydrogen-bond acceptors (Lipinski definition) is 0. The summed E-state index contributed by atoms with van der Waals surface area (Å²) in [6.07, 6.45) is 10.4. The van der Waals surface area contributed by atoms with Crippen LogP contribution in [0.15, 0.2) is 179 Å². The maximum Gasteiger partial charge on any atom is -0.147 e. The van der Waals surface area contributed by atoms with E-state index in [4.69, 9.17) is 0 Å². The maximum atomic E-state index is 2.52. The fourth-order valence-electron chi connectivity index (χ4n) is 9.06. The third-order valence-corrected chi connectivity index (χ3v) is 19.4. The maximum absolute atomic E-state index is 2.78. The quantitative estimate of drug-likeness (QED) is 0.147. The molecule has 0 spiro atoms. The molecule has 8 aromatic rings. The Balaban J connectivity index is 0.00000193. The zero-order valence-electron chi connectivity index (χ0n) is 28.8. The molecule has 1 atom stereocenters. The summed E-state index contributed by atoms with van der Waals surface area (Å²) in [4.78, 5) is 0. The van der Waals surface area contributed by atoms with Crippen LogP contribution >= 0.6 is 24.8 Å². The molecule has 1 unspecified atom stereocenters.